The van der Waals surface area contributed by atoms with E-state index in [0.717, 1.165) is 43.0 Å². The van der Waals surface area contributed by atoms with Crippen LogP contribution in [-0.4, -0.2) is 52.2 Å². The zero-order chi connectivity index (χ0) is 20.8. The first-order chi connectivity index (χ1) is 14.0. The van der Waals surface area contributed by atoms with E-state index in [2.05, 4.69) is 15.5 Å². The van der Waals surface area contributed by atoms with Crippen LogP contribution in [0.4, 0.5) is 5.00 Å². The van der Waals surface area contributed by atoms with Crippen molar-refractivity contribution in [3.8, 4) is 0 Å². The van der Waals surface area contributed by atoms with Gasteiger partial charge in [-0.3, -0.25) is 4.79 Å². The molecule has 1 unspecified atom stereocenters. The molecular formula is C19H26N4O4S2. The predicted molar refractivity (Wildman–Crippen MR) is 113 cm³/mol. The van der Waals surface area contributed by atoms with Gasteiger partial charge in [-0.25, -0.2) is 4.79 Å². The molecule has 10 heteroatoms. The monoisotopic (exact) mass is 438 g/mol. The number of hydrogen-bond acceptors (Lipinski definition) is 8. The fourth-order valence-electron chi connectivity index (χ4n) is 3.13. The van der Waals surface area contributed by atoms with E-state index in [4.69, 9.17) is 9.47 Å². The van der Waals surface area contributed by atoms with Crippen LogP contribution >= 0.6 is 23.1 Å². The maximum Gasteiger partial charge on any atom is 0.340 e. The summed E-state index contributed by atoms with van der Waals surface area (Å²) in [5.74, 6) is 0.414. The van der Waals surface area contributed by atoms with Crippen LogP contribution in [0.5, 0.6) is 0 Å². The Bertz CT molecular complexity index is 859. The van der Waals surface area contributed by atoms with Crippen LogP contribution in [0, 0.1) is 0 Å². The SMILES string of the molecule is CCc1cc(C(=O)OC)c(NC(=O)CSc2nnc(CC)n2CC2CCCO2)s1. The van der Waals surface area contributed by atoms with Gasteiger partial charge in [0.05, 0.1) is 31.1 Å². The number of aromatic nitrogens is 3. The van der Waals surface area contributed by atoms with E-state index >= 15 is 0 Å². The molecule has 1 N–H and O–H groups in total. The van der Waals surface area contributed by atoms with Gasteiger partial charge >= 0.3 is 5.97 Å². The number of carbonyl (C=O) groups excluding carboxylic acids is 2. The van der Waals surface area contributed by atoms with Crippen molar-refractivity contribution in [2.24, 2.45) is 0 Å². The van der Waals surface area contributed by atoms with Crippen molar-refractivity contribution < 1.29 is 19.1 Å². The van der Waals surface area contributed by atoms with Gasteiger partial charge in [0.15, 0.2) is 5.16 Å². The molecule has 0 spiro atoms. The first-order valence-electron chi connectivity index (χ1n) is 9.73. The van der Waals surface area contributed by atoms with Gasteiger partial charge in [-0.2, -0.15) is 0 Å². The molecule has 0 saturated carbocycles. The molecule has 3 heterocycles. The number of thioether (sulfide) groups is 1. The van der Waals surface area contributed by atoms with Gasteiger partial charge in [0.2, 0.25) is 5.91 Å². The van der Waals surface area contributed by atoms with Crippen LogP contribution in [0.3, 0.4) is 0 Å². The zero-order valence-electron chi connectivity index (χ0n) is 16.9. The molecular weight excluding hydrogens is 412 g/mol. The maximum atomic E-state index is 12.5. The lowest BCUT2D eigenvalue weighted by molar-refractivity contribution is -0.113. The van der Waals surface area contributed by atoms with E-state index in [1.165, 1.54) is 30.2 Å². The molecule has 158 valence electrons. The molecule has 0 bridgehead atoms. The van der Waals surface area contributed by atoms with Crippen molar-refractivity contribution in [2.45, 2.75) is 57.3 Å². The van der Waals surface area contributed by atoms with E-state index < -0.39 is 5.97 Å². The largest absolute Gasteiger partial charge is 0.465 e. The molecule has 1 aliphatic rings. The van der Waals surface area contributed by atoms with Gasteiger partial charge in [0.1, 0.15) is 10.8 Å². The van der Waals surface area contributed by atoms with Crippen LogP contribution in [0.25, 0.3) is 0 Å². The molecule has 0 radical (unpaired) electrons. The standard InChI is InChI=1S/C19H26N4O4S2/c1-4-13-9-14(18(25)26-3)17(29-13)20-16(24)11-28-19-22-21-15(5-2)23(19)10-12-7-6-8-27-12/h9,12H,4-8,10-11H2,1-3H3,(H,20,24). The van der Waals surface area contributed by atoms with Crippen molar-refractivity contribution in [3.63, 3.8) is 0 Å². The second-order valence-electron chi connectivity index (χ2n) is 6.64. The molecule has 1 aliphatic heterocycles. The Kier molecular flexibility index (Phi) is 7.68. The zero-order valence-corrected chi connectivity index (χ0v) is 18.5. The summed E-state index contributed by atoms with van der Waals surface area (Å²) in [6.07, 6.45) is 3.82. The van der Waals surface area contributed by atoms with Gasteiger partial charge in [0.25, 0.3) is 0 Å². The summed E-state index contributed by atoms with van der Waals surface area (Å²) in [6.45, 7) is 5.54. The number of esters is 1. The van der Waals surface area contributed by atoms with E-state index in [1.807, 2.05) is 18.4 Å². The highest BCUT2D eigenvalue weighted by atomic mass is 32.2. The molecule has 1 saturated heterocycles. The molecule has 0 aromatic carbocycles. The average molecular weight is 439 g/mol. The minimum atomic E-state index is -0.451. The van der Waals surface area contributed by atoms with Gasteiger partial charge in [-0.05, 0) is 25.3 Å². The van der Waals surface area contributed by atoms with Crippen molar-refractivity contribution in [1.82, 2.24) is 14.8 Å². The number of aryl methyl sites for hydroxylation is 2. The number of ether oxygens (including phenoxy) is 2. The molecule has 0 aliphatic carbocycles. The summed E-state index contributed by atoms with van der Waals surface area (Å²) in [4.78, 5) is 25.5. The lowest BCUT2D eigenvalue weighted by atomic mass is 10.2. The Hall–Kier alpha value is -1.91. The lowest BCUT2D eigenvalue weighted by Gasteiger charge is -2.14. The van der Waals surface area contributed by atoms with Crippen molar-refractivity contribution >= 4 is 40.0 Å². The van der Waals surface area contributed by atoms with E-state index in [-0.39, 0.29) is 17.8 Å². The number of methoxy groups -OCH3 is 1. The Labute approximate surface area is 178 Å². The molecule has 8 nitrogen and oxygen atoms in total. The molecule has 29 heavy (non-hydrogen) atoms. The maximum absolute atomic E-state index is 12.5. The average Bonchev–Trinajstić information content (AvgIpc) is 3.46. The summed E-state index contributed by atoms with van der Waals surface area (Å²) in [7, 11) is 1.33. The van der Waals surface area contributed by atoms with Gasteiger partial charge in [0, 0.05) is 17.9 Å². The third-order valence-electron chi connectivity index (χ3n) is 4.64. The smallest absolute Gasteiger partial charge is 0.340 e. The second-order valence-corrected chi connectivity index (χ2v) is 8.71. The highest BCUT2D eigenvalue weighted by Gasteiger charge is 2.22. The van der Waals surface area contributed by atoms with Crippen LogP contribution in [0.15, 0.2) is 11.2 Å². The number of nitrogens with zero attached hydrogens (tertiary/aromatic N) is 3. The number of hydrogen-bond donors (Lipinski definition) is 1. The highest BCUT2D eigenvalue weighted by Crippen LogP contribution is 2.30. The predicted octanol–water partition coefficient (Wildman–Crippen LogP) is 3.16. The van der Waals surface area contributed by atoms with E-state index in [0.29, 0.717) is 22.3 Å². The first-order valence-corrected chi connectivity index (χ1v) is 11.5. The minimum absolute atomic E-state index is 0.172. The topological polar surface area (TPSA) is 95.3 Å². The Morgan fingerprint density at radius 1 is 1.38 bits per heavy atom. The summed E-state index contributed by atoms with van der Waals surface area (Å²) < 4.78 is 12.6. The molecule has 2 aromatic heterocycles. The first kappa shape index (κ1) is 21.8. The fourth-order valence-corrected chi connectivity index (χ4v) is 4.89. The summed E-state index contributed by atoms with van der Waals surface area (Å²) in [5, 5.41) is 12.6. The fraction of sp³-hybridized carbons (Fsp3) is 0.579. The minimum Gasteiger partial charge on any atom is -0.465 e. The van der Waals surface area contributed by atoms with Crippen LogP contribution in [0.2, 0.25) is 0 Å². The summed E-state index contributed by atoms with van der Waals surface area (Å²) in [5.41, 5.74) is 0.391. The van der Waals surface area contributed by atoms with Crippen LogP contribution in [-0.2, 0) is 33.7 Å². The molecule has 1 amide bonds. The van der Waals surface area contributed by atoms with Crippen molar-refractivity contribution in [1.29, 1.82) is 0 Å². The van der Waals surface area contributed by atoms with E-state index in [1.54, 1.807) is 6.07 Å². The molecule has 3 rings (SSSR count). The highest BCUT2D eigenvalue weighted by molar-refractivity contribution is 7.99. The van der Waals surface area contributed by atoms with Gasteiger partial charge < -0.3 is 19.4 Å². The Balaban J connectivity index is 1.65. The number of carbonyl (C=O) groups is 2. The van der Waals surface area contributed by atoms with Crippen molar-refractivity contribution in [2.75, 3.05) is 24.8 Å². The van der Waals surface area contributed by atoms with Gasteiger partial charge in [-0.1, -0.05) is 25.6 Å². The third-order valence-corrected chi connectivity index (χ3v) is 6.80. The normalized spacial score (nSPS) is 16.2. The third kappa shape index (κ3) is 5.37. The lowest BCUT2D eigenvalue weighted by Crippen LogP contribution is -2.19. The number of nitrogens with one attached hydrogen (secondary N) is 1. The number of anilines is 1. The Morgan fingerprint density at radius 3 is 2.86 bits per heavy atom. The Morgan fingerprint density at radius 2 is 2.21 bits per heavy atom. The molecule has 1 fully saturated rings. The quantitative estimate of drug-likeness (QED) is 0.475. The number of thiophene rings is 1. The summed E-state index contributed by atoms with van der Waals surface area (Å²) >= 11 is 2.73. The van der Waals surface area contributed by atoms with Crippen LogP contribution < -0.4 is 5.32 Å². The number of rotatable bonds is 9. The number of amides is 1. The molecule has 2 aromatic rings. The van der Waals surface area contributed by atoms with Crippen molar-refractivity contribution in [3.05, 3.63) is 22.3 Å². The van der Waals surface area contributed by atoms with Gasteiger partial charge in [-0.15, -0.1) is 21.5 Å². The second kappa shape index (κ2) is 10.2. The summed E-state index contributed by atoms with van der Waals surface area (Å²) in [6, 6.07) is 1.77. The van der Waals surface area contributed by atoms with E-state index in [9.17, 15) is 9.59 Å². The van der Waals surface area contributed by atoms with Crippen LogP contribution in [0.1, 0.15) is 47.7 Å². The molecule has 1 atom stereocenters.